The number of esters is 1. The summed E-state index contributed by atoms with van der Waals surface area (Å²) in [6.07, 6.45) is 0.209. The highest BCUT2D eigenvalue weighted by Crippen LogP contribution is 2.04. The molecule has 0 spiro atoms. The maximum Gasteiger partial charge on any atom is 0.312 e. The molecular formula is C10H12O3. The van der Waals surface area contributed by atoms with Gasteiger partial charge < -0.3 is 9.84 Å². The molecule has 0 amide bonds. The highest BCUT2D eigenvalue weighted by Gasteiger charge is 2.02. The Balaban J connectivity index is 2.54. The van der Waals surface area contributed by atoms with Crippen molar-refractivity contribution >= 4 is 5.97 Å². The number of carbonyl (C=O) groups is 1. The van der Waals surface area contributed by atoms with E-state index in [1.807, 2.05) is 31.2 Å². The lowest BCUT2D eigenvalue weighted by Crippen LogP contribution is -2.08. The first-order valence-corrected chi connectivity index (χ1v) is 4.04. The van der Waals surface area contributed by atoms with Crippen LogP contribution >= 0.6 is 0 Å². The summed E-state index contributed by atoms with van der Waals surface area (Å²) in [6, 6.07) is 7.60. The molecule has 0 unspecified atom stereocenters. The minimum Gasteiger partial charge on any atom is -0.438 e. The van der Waals surface area contributed by atoms with E-state index in [2.05, 4.69) is 4.74 Å². The first-order valence-electron chi connectivity index (χ1n) is 4.04. The van der Waals surface area contributed by atoms with Crippen molar-refractivity contribution in [1.29, 1.82) is 0 Å². The molecule has 0 fully saturated rings. The number of aryl methyl sites for hydroxylation is 1. The van der Waals surface area contributed by atoms with Crippen molar-refractivity contribution in [2.75, 3.05) is 6.79 Å². The van der Waals surface area contributed by atoms with Crippen molar-refractivity contribution < 1.29 is 14.6 Å². The predicted molar refractivity (Wildman–Crippen MR) is 48.1 cm³/mol. The van der Waals surface area contributed by atoms with E-state index in [0.717, 1.165) is 11.1 Å². The van der Waals surface area contributed by atoms with E-state index in [-0.39, 0.29) is 6.42 Å². The van der Waals surface area contributed by atoms with Gasteiger partial charge in [0.25, 0.3) is 0 Å². The molecule has 0 aromatic heterocycles. The summed E-state index contributed by atoms with van der Waals surface area (Å²) < 4.78 is 4.39. The van der Waals surface area contributed by atoms with E-state index in [1.54, 1.807) is 0 Å². The number of aliphatic hydroxyl groups is 1. The second-order valence-electron chi connectivity index (χ2n) is 2.81. The predicted octanol–water partition coefficient (Wildman–Crippen LogP) is 1.03. The molecule has 0 saturated heterocycles. The summed E-state index contributed by atoms with van der Waals surface area (Å²) in [5, 5.41) is 8.32. The first kappa shape index (κ1) is 9.74. The fourth-order valence-electron chi connectivity index (χ4n) is 0.996. The summed E-state index contributed by atoms with van der Waals surface area (Å²) in [4.78, 5) is 10.9. The Bertz CT molecular complexity index is 277. The molecule has 0 aliphatic carbocycles. The minimum atomic E-state index is -0.551. The normalized spacial score (nSPS) is 9.69. The molecule has 70 valence electrons. The monoisotopic (exact) mass is 180 g/mol. The standard InChI is InChI=1S/C10H12O3/c1-8-2-4-9(5-3-8)6-10(12)13-7-11/h2-5,11H,6-7H2,1H3. The van der Waals surface area contributed by atoms with Crippen molar-refractivity contribution in [3.63, 3.8) is 0 Å². The van der Waals surface area contributed by atoms with E-state index in [4.69, 9.17) is 5.11 Å². The van der Waals surface area contributed by atoms with Crippen LogP contribution < -0.4 is 0 Å². The number of rotatable bonds is 3. The highest BCUT2D eigenvalue weighted by atomic mass is 16.6. The van der Waals surface area contributed by atoms with E-state index < -0.39 is 12.8 Å². The lowest BCUT2D eigenvalue weighted by Gasteiger charge is -2.01. The zero-order valence-electron chi connectivity index (χ0n) is 7.49. The van der Waals surface area contributed by atoms with Crippen molar-refractivity contribution in [2.45, 2.75) is 13.3 Å². The van der Waals surface area contributed by atoms with Gasteiger partial charge in [-0.2, -0.15) is 0 Å². The Morgan fingerprint density at radius 2 is 2.00 bits per heavy atom. The molecule has 0 aliphatic heterocycles. The molecule has 0 aliphatic rings. The van der Waals surface area contributed by atoms with Crippen LogP contribution in [0.25, 0.3) is 0 Å². The molecule has 0 atom stereocenters. The van der Waals surface area contributed by atoms with Gasteiger partial charge in [-0.1, -0.05) is 29.8 Å². The lowest BCUT2D eigenvalue weighted by molar-refractivity contribution is -0.150. The second kappa shape index (κ2) is 4.62. The second-order valence-corrected chi connectivity index (χ2v) is 2.81. The number of ether oxygens (including phenoxy) is 1. The molecule has 3 heteroatoms. The van der Waals surface area contributed by atoms with E-state index in [1.165, 1.54) is 0 Å². The first-order chi connectivity index (χ1) is 6.22. The van der Waals surface area contributed by atoms with Crippen LogP contribution in [0.5, 0.6) is 0 Å². The van der Waals surface area contributed by atoms with Gasteiger partial charge in [0, 0.05) is 0 Å². The van der Waals surface area contributed by atoms with Crippen LogP contribution in [0.2, 0.25) is 0 Å². The molecule has 1 rings (SSSR count). The summed E-state index contributed by atoms with van der Waals surface area (Å²) in [5.74, 6) is -0.411. The Labute approximate surface area is 77.0 Å². The zero-order chi connectivity index (χ0) is 9.68. The number of aliphatic hydroxyl groups excluding tert-OH is 1. The van der Waals surface area contributed by atoms with Crippen LogP contribution in [-0.4, -0.2) is 17.9 Å². The van der Waals surface area contributed by atoms with Gasteiger partial charge in [-0.15, -0.1) is 0 Å². The third kappa shape index (κ3) is 3.25. The average Bonchev–Trinajstić information content (AvgIpc) is 2.09. The van der Waals surface area contributed by atoms with Crippen LogP contribution in [0.1, 0.15) is 11.1 Å². The molecule has 0 bridgehead atoms. The molecular weight excluding hydrogens is 168 g/mol. The largest absolute Gasteiger partial charge is 0.438 e. The maximum absolute atomic E-state index is 10.9. The third-order valence-electron chi connectivity index (χ3n) is 1.69. The summed E-state index contributed by atoms with van der Waals surface area (Å²) in [5.41, 5.74) is 2.04. The molecule has 0 saturated carbocycles. The molecule has 1 N–H and O–H groups in total. The average molecular weight is 180 g/mol. The van der Waals surface area contributed by atoms with Gasteiger partial charge in [-0.25, -0.2) is 0 Å². The third-order valence-corrected chi connectivity index (χ3v) is 1.69. The number of carbonyl (C=O) groups excluding carboxylic acids is 1. The maximum atomic E-state index is 10.9. The van der Waals surface area contributed by atoms with Gasteiger partial charge >= 0.3 is 5.97 Å². The molecule has 1 aromatic carbocycles. The van der Waals surface area contributed by atoms with Crippen molar-refractivity contribution in [1.82, 2.24) is 0 Å². The Morgan fingerprint density at radius 3 is 2.54 bits per heavy atom. The van der Waals surface area contributed by atoms with Crippen LogP contribution in [0.3, 0.4) is 0 Å². The van der Waals surface area contributed by atoms with Crippen LogP contribution in [-0.2, 0) is 16.0 Å². The number of hydrogen-bond donors (Lipinski definition) is 1. The SMILES string of the molecule is Cc1ccc(CC(=O)OCO)cc1. The van der Waals surface area contributed by atoms with Crippen LogP contribution in [0.4, 0.5) is 0 Å². The summed E-state index contributed by atoms with van der Waals surface area (Å²) in [7, 11) is 0. The summed E-state index contributed by atoms with van der Waals surface area (Å²) >= 11 is 0. The van der Waals surface area contributed by atoms with Crippen LogP contribution in [0, 0.1) is 6.92 Å². The quantitative estimate of drug-likeness (QED) is 0.558. The van der Waals surface area contributed by atoms with Gasteiger partial charge in [-0.3, -0.25) is 4.79 Å². The van der Waals surface area contributed by atoms with Crippen molar-refractivity contribution in [3.8, 4) is 0 Å². The molecule has 3 nitrogen and oxygen atoms in total. The molecule has 1 aromatic rings. The Kier molecular flexibility index (Phi) is 3.46. The van der Waals surface area contributed by atoms with Crippen molar-refractivity contribution in [2.24, 2.45) is 0 Å². The van der Waals surface area contributed by atoms with Crippen molar-refractivity contribution in [3.05, 3.63) is 35.4 Å². The minimum absolute atomic E-state index is 0.209. The van der Waals surface area contributed by atoms with Gasteiger partial charge in [0.15, 0.2) is 6.79 Å². The molecule has 0 heterocycles. The van der Waals surface area contributed by atoms with E-state index >= 15 is 0 Å². The van der Waals surface area contributed by atoms with Crippen LogP contribution in [0.15, 0.2) is 24.3 Å². The Morgan fingerprint density at radius 1 is 1.38 bits per heavy atom. The smallest absolute Gasteiger partial charge is 0.312 e. The molecule has 0 radical (unpaired) electrons. The van der Waals surface area contributed by atoms with Gasteiger partial charge in [0.05, 0.1) is 6.42 Å². The molecule has 13 heavy (non-hydrogen) atoms. The fraction of sp³-hybridized carbons (Fsp3) is 0.300. The topological polar surface area (TPSA) is 46.5 Å². The van der Waals surface area contributed by atoms with E-state index in [0.29, 0.717) is 0 Å². The Hall–Kier alpha value is -1.35. The van der Waals surface area contributed by atoms with Gasteiger partial charge in [-0.05, 0) is 12.5 Å². The fourth-order valence-corrected chi connectivity index (χ4v) is 0.996. The number of hydrogen-bond acceptors (Lipinski definition) is 3. The summed E-state index contributed by atoms with van der Waals surface area (Å²) in [6.45, 7) is 1.43. The number of benzene rings is 1. The van der Waals surface area contributed by atoms with Gasteiger partial charge in [0.2, 0.25) is 0 Å². The highest BCUT2D eigenvalue weighted by molar-refractivity contribution is 5.72. The lowest BCUT2D eigenvalue weighted by atomic mass is 10.1. The van der Waals surface area contributed by atoms with E-state index in [9.17, 15) is 4.79 Å². The van der Waals surface area contributed by atoms with Gasteiger partial charge in [0.1, 0.15) is 0 Å². The zero-order valence-corrected chi connectivity index (χ0v) is 7.49.